The number of aromatic nitrogens is 2. The normalized spacial score (nSPS) is 21.5. The Labute approximate surface area is 233 Å². The molecule has 0 spiro atoms. The number of hydrogen-bond acceptors (Lipinski definition) is 5. The Balaban J connectivity index is 1.66. The van der Waals surface area contributed by atoms with E-state index in [1.54, 1.807) is 11.5 Å². The van der Waals surface area contributed by atoms with E-state index in [0.29, 0.717) is 30.0 Å². The molecule has 1 aliphatic heterocycles. The van der Waals surface area contributed by atoms with Crippen molar-refractivity contribution in [3.63, 3.8) is 0 Å². The maximum atomic E-state index is 13.8. The van der Waals surface area contributed by atoms with Crippen molar-refractivity contribution in [3.05, 3.63) is 55.4 Å². The Morgan fingerprint density at radius 2 is 1.82 bits per heavy atom. The standard InChI is InChI=1S/C27H33BrF3N5O3/c1-14(2)32-26-34-23-13-35(24(38)17-5-10-22(28)21(12-17)27(29,30)31)15(3)11-20(23)25(39)36(26)19-8-6-18(7-9-19)33-16(4)37/h5,10,12,14-15,18-19H,6-9,11,13H2,1-4H3,(H,32,34)(H,33,37)/t15-,18-,19+/m1/s1. The average molecular weight is 612 g/mol. The summed E-state index contributed by atoms with van der Waals surface area (Å²) in [5.41, 5.74) is -0.183. The number of alkyl halides is 3. The van der Waals surface area contributed by atoms with Crippen LogP contribution in [0.4, 0.5) is 19.1 Å². The molecule has 1 fully saturated rings. The van der Waals surface area contributed by atoms with E-state index in [2.05, 4.69) is 26.6 Å². The first-order valence-electron chi connectivity index (χ1n) is 13.1. The molecule has 0 unspecified atom stereocenters. The van der Waals surface area contributed by atoms with Gasteiger partial charge < -0.3 is 15.5 Å². The number of amides is 2. The molecular formula is C27H33BrF3N5O3. The van der Waals surface area contributed by atoms with Gasteiger partial charge in [-0.1, -0.05) is 15.9 Å². The Morgan fingerprint density at radius 1 is 1.15 bits per heavy atom. The number of nitrogens with zero attached hydrogens (tertiary/aromatic N) is 3. The third-order valence-corrected chi connectivity index (χ3v) is 8.00. The van der Waals surface area contributed by atoms with Gasteiger partial charge in [-0.05, 0) is 71.1 Å². The second-order valence-electron chi connectivity index (χ2n) is 10.7. The quantitative estimate of drug-likeness (QED) is 0.493. The molecule has 0 saturated heterocycles. The fourth-order valence-corrected chi connectivity index (χ4v) is 5.92. The Hall–Kier alpha value is -2.89. The van der Waals surface area contributed by atoms with Crippen molar-refractivity contribution in [2.45, 2.75) is 96.7 Å². The monoisotopic (exact) mass is 611 g/mol. The lowest BCUT2D eigenvalue weighted by atomic mass is 9.90. The van der Waals surface area contributed by atoms with Crippen LogP contribution < -0.4 is 16.2 Å². The Bertz CT molecular complexity index is 1320. The topological polar surface area (TPSA) is 96.3 Å². The molecule has 1 atom stereocenters. The van der Waals surface area contributed by atoms with Gasteiger partial charge in [0.1, 0.15) is 0 Å². The maximum Gasteiger partial charge on any atom is 0.417 e. The van der Waals surface area contributed by atoms with Crippen LogP contribution in [0.3, 0.4) is 0 Å². The lowest BCUT2D eigenvalue weighted by Gasteiger charge is -2.36. The largest absolute Gasteiger partial charge is 0.417 e. The molecule has 212 valence electrons. The summed E-state index contributed by atoms with van der Waals surface area (Å²) in [5.74, 6) is -0.201. The summed E-state index contributed by atoms with van der Waals surface area (Å²) >= 11 is 2.92. The number of hydrogen-bond donors (Lipinski definition) is 2. The molecule has 1 saturated carbocycles. The van der Waals surface area contributed by atoms with E-state index in [1.807, 2.05) is 13.8 Å². The molecule has 1 aliphatic carbocycles. The highest BCUT2D eigenvalue weighted by molar-refractivity contribution is 9.10. The lowest BCUT2D eigenvalue weighted by Crippen LogP contribution is -2.47. The first-order valence-corrected chi connectivity index (χ1v) is 13.9. The number of benzene rings is 1. The number of fused-ring (bicyclic) bond motifs is 1. The number of nitrogens with one attached hydrogen (secondary N) is 2. The van der Waals surface area contributed by atoms with Gasteiger partial charge >= 0.3 is 6.18 Å². The van der Waals surface area contributed by atoms with Gasteiger partial charge in [-0.2, -0.15) is 13.2 Å². The molecule has 0 radical (unpaired) electrons. The van der Waals surface area contributed by atoms with Gasteiger partial charge in [-0.3, -0.25) is 19.0 Å². The van der Waals surface area contributed by atoms with Gasteiger partial charge in [-0.15, -0.1) is 0 Å². The zero-order valence-corrected chi connectivity index (χ0v) is 23.9. The summed E-state index contributed by atoms with van der Waals surface area (Å²) in [7, 11) is 0. The second-order valence-corrected chi connectivity index (χ2v) is 11.6. The van der Waals surface area contributed by atoms with E-state index in [4.69, 9.17) is 4.98 Å². The predicted molar refractivity (Wildman–Crippen MR) is 145 cm³/mol. The van der Waals surface area contributed by atoms with Crippen molar-refractivity contribution in [1.29, 1.82) is 0 Å². The first kappa shape index (κ1) is 29.1. The fraction of sp³-hybridized carbons (Fsp3) is 0.556. The van der Waals surface area contributed by atoms with E-state index >= 15 is 0 Å². The molecule has 2 aromatic rings. The van der Waals surface area contributed by atoms with Gasteiger partial charge in [0.15, 0.2) is 0 Å². The van der Waals surface area contributed by atoms with Crippen LogP contribution in [0.5, 0.6) is 0 Å². The highest BCUT2D eigenvalue weighted by Gasteiger charge is 2.36. The van der Waals surface area contributed by atoms with Crippen LogP contribution in [0.2, 0.25) is 0 Å². The third-order valence-electron chi connectivity index (χ3n) is 7.31. The van der Waals surface area contributed by atoms with Gasteiger partial charge in [0.25, 0.3) is 11.5 Å². The summed E-state index contributed by atoms with van der Waals surface area (Å²) in [6.45, 7) is 7.17. The molecule has 1 aromatic heterocycles. The maximum absolute atomic E-state index is 13.8. The molecule has 1 aromatic carbocycles. The van der Waals surface area contributed by atoms with E-state index < -0.39 is 23.7 Å². The summed E-state index contributed by atoms with van der Waals surface area (Å²) < 4.78 is 41.9. The second kappa shape index (κ2) is 11.3. The molecular weight excluding hydrogens is 579 g/mol. The summed E-state index contributed by atoms with van der Waals surface area (Å²) in [6, 6.07) is 3.01. The number of carbonyl (C=O) groups is 2. The van der Waals surface area contributed by atoms with Crippen molar-refractivity contribution in [2.75, 3.05) is 5.32 Å². The SMILES string of the molecule is CC(=O)N[C@H]1CC[C@@H](n2c(NC(C)C)nc3c(c2=O)C[C@@H](C)N(C(=O)c2ccc(Br)c(C(F)(F)F)c2)C3)CC1. The number of rotatable bonds is 5. The molecule has 2 amide bonds. The van der Waals surface area contributed by atoms with Crippen molar-refractivity contribution in [1.82, 2.24) is 19.8 Å². The fourth-order valence-electron chi connectivity index (χ4n) is 5.45. The highest BCUT2D eigenvalue weighted by Crippen LogP contribution is 2.36. The van der Waals surface area contributed by atoms with Crippen molar-refractivity contribution in [2.24, 2.45) is 0 Å². The summed E-state index contributed by atoms with van der Waals surface area (Å²) in [5, 5.41) is 6.23. The number of carbonyl (C=O) groups excluding carboxylic acids is 2. The lowest BCUT2D eigenvalue weighted by molar-refractivity contribution is -0.138. The first-order chi connectivity index (χ1) is 18.3. The smallest absolute Gasteiger partial charge is 0.354 e. The van der Waals surface area contributed by atoms with Crippen LogP contribution in [0.1, 0.15) is 86.6 Å². The molecule has 0 bridgehead atoms. The van der Waals surface area contributed by atoms with E-state index in [9.17, 15) is 27.6 Å². The van der Waals surface area contributed by atoms with Crippen molar-refractivity contribution < 1.29 is 22.8 Å². The van der Waals surface area contributed by atoms with Gasteiger partial charge in [0, 0.05) is 46.7 Å². The zero-order chi connectivity index (χ0) is 28.6. The van der Waals surface area contributed by atoms with Crippen LogP contribution in [-0.4, -0.2) is 44.4 Å². The van der Waals surface area contributed by atoms with E-state index in [-0.39, 0.29) is 52.6 Å². The predicted octanol–water partition coefficient (Wildman–Crippen LogP) is 5.05. The molecule has 2 N–H and O–H groups in total. The summed E-state index contributed by atoms with van der Waals surface area (Å²) in [6.07, 6.45) is -1.44. The van der Waals surface area contributed by atoms with Crippen LogP contribution in [0.15, 0.2) is 27.5 Å². The van der Waals surface area contributed by atoms with Crippen LogP contribution >= 0.6 is 15.9 Å². The zero-order valence-electron chi connectivity index (χ0n) is 22.4. The minimum atomic E-state index is -4.61. The number of halogens is 4. The van der Waals surface area contributed by atoms with Crippen molar-refractivity contribution >= 4 is 33.7 Å². The van der Waals surface area contributed by atoms with Crippen LogP contribution in [0, 0.1) is 0 Å². The van der Waals surface area contributed by atoms with Crippen LogP contribution in [0.25, 0.3) is 0 Å². The van der Waals surface area contributed by atoms with Gasteiger partial charge in [0.2, 0.25) is 11.9 Å². The Kier molecular flexibility index (Phi) is 8.44. The average Bonchev–Trinajstić information content (AvgIpc) is 2.84. The van der Waals surface area contributed by atoms with E-state index in [0.717, 1.165) is 18.9 Å². The molecule has 39 heavy (non-hydrogen) atoms. The highest BCUT2D eigenvalue weighted by atomic mass is 79.9. The minimum Gasteiger partial charge on any atom is -0.354 e. The van der Waals surface area contributed by atoms with E-state index in [1.165, 1.54) is 24.0 Å². The summed E-state index contributed by atoms with van der Waals surface area (Å²) in [4.78, 5) is 44.9. The molecule has 4 rings (SSSR count). The minimum absolute atomic E-state index is 0.0132. The van der Waals surface area contributed by atoms with Crippen LogP contribution in [-0.2, 0) is 23.9 Å². The third kappa shape index (κ3) is 6.31. The van der Waals surface area contributed by atoms with Gasteiger partial charge in [-0.25, -0.2) is 4.98 Å². The molecule has 8 nitrogen and oxygen atoms in total. The number of anilines is 1. The molecule has 12 heteroatoms. The van der Waals surface area contributed by atoms with Gasteiger partial charge in [0.05, 0.1) is 17.8 Å². The molecule has 2 heterocycles. The Morgan fingerprint density at radius 3 is 2.41 bits per heavy atom. The van der Waals surface area contributed by atoms with Crippen molar-refractivity contribution in [3.8, 4) is 0 Å². The molecule has 2 aliphatic rings.